The zero-order chi connectivity index (χ0) is 25.2. The van der Waals surface area contributed by atoms with Crippen LogP contribution < -0.4 is 4.74 Å². The van der Waals surface area contributed by atoms with Crippen LogP contribution >= 0.6 is 0 Å². The van der Waals surface area contributed by atoms with Crippen LogP contribution in [0.15, 0.2) is 42.9 Å². The lowest BCUT2D eigenvalue weighted by Crippen LogP contribution is -2.49. The highest BCUT2D eigenvalue weighted by atomic mass is 19.4. The van der Waals surface area contributed by atoms with Gasteiger partial charge in [0.1, 0.15) is 12.3 Å². The summed E-state index contributed by atoms with van der Waals surface area (Å²) in [6, 6.07) is 6.28. The lowest BCUT2D eigenvalue weighted by Gasteiger charge is -2.38. The minimum atomic E-state index is -4.47. The van der Waals surface area contributed by atoms with Crippen LogP contribution in [0.25, 0.3) is 11.4 Å². The average molecular weight is 486 g/mol. The maximum absolute atomic E-state index is 13.7. The number of amides is 1. The fourth-order valence-corrected chi connectivity index (χ4v) is 4.24. The third-order valence-corrected chi connectivity index (χ3v) is 6.10. The number of piperidine rings is 1. The molecule has 4 heterocycles. The zero-order valence-corrected chi connectivity index (χ0v) is 19.7. The monoisotopic (exact) mass is 485 g/mol. The summed E-state index contributed by atoms with van der Waals surface area (Å²) in [5.74, 6) is 0.602. The highest BCUT2D eigenvalue weighted by Gasteiger charge is 2.35. The molecule has 0 unspecified atom stereocenters. The van der Waals surface area contributed by atoms with Crippen molar-refractivity contribution in [2.45, 2.75) is 45.8 Å². The summed E-state index contributed by atoms with van der Waals surface area (Å²) in [5, 5.41) is 0. The first-order chi connectivity index (χ1) is 16.6. The Labute approximate surface area is 201 Å². The Bertz CT molecular complexity index is 1200. The lowest BCUT2D eigenvalue weighted by molar-refractivity contribution is -0.138. The van der Waals surface area contributed by atoms with Gasteiger partial charge in [0.25, 0.3) is 5.91 Å². The van der Waals surface area contributed by atoms with Gasteiger partial charge in [-0.3, -0.25) is 4.79 Å². The largest absolute Gasteiger partial charge is 0.475 e. The molecular weight excluding hydrogens is 459 g/mol. The highest BCUT2D eigenvalue weighted by Crippen LogP contribution is 2.33. The van der Waals surface area contributed by atoms with E-state index < -0.39 is 11.7 Å². The molecule has 0 aliphatic carbocycles. The van der Waals surface area contributed by atoms with Crippen molar-refractivity contribution in [3.63, 3.8) is 0 Å². The van der Waals surface area contributed by atoms with Gasteiger partial charge in [-0.1, -0.05) is 6.92 Å². The van der Waals surface area contributed by atoms with Crippen molar-refractivity contribution < 1.29 is 22.7 Å². The van der Waals surface area contributed by atoms with Gasteiger partial charge in [-0.05, 0) is 56.4 Å². The second-order valence-electron chi connectivity index (χ2n) is 8.85. The Hall–Kier alpha value is -3.56. The van der Waals surface area contributed by atoms with Gasteiger partial charge in [-0.2, -0.15) is 13.2 Å². The van der Waals surface area contributed by atoms with Crippen LogP contribution in [0, 0.1) is 19.8 Å². The number of halogens is 3. The number of aromatic nitrogens is 4. The number of hydrogen-bond donors (Lipinski definition) is 0. The van der Waals surface area contributed by atoms with Crippen molar-refractivity contribution in [1.82, 2.24) is 24.8 Å². The van der Waals surface area contributed by atoms with Crippen LogP contribution in [0.4, 0.5) is 13.2 Å². The number of nitrogens with zero attached hydrogens (tertiary/aromatic N) is 5. The molecule has 10 heteroatoms. The lowest BCUT2D eigenvalue weighted by atomic mass is 9.92. The number of rotatable bonds is 5. The number of alkyl halides is 3. The van der Waals surface area contributed by atoms with Crippen LogP contribution in [0.2, 0.25) is 0 Å². The van der Waals surface area contributed by atoms with Crippen LogP contribution in [0.1, 0.15) is 47.1 Å². The summed E-state index contributed by atoms with van der Waals surface area (Å²) < 4.78 is 44.9. The van der Waals surface area contributed by atoms with Gasteiger partial charge in [0.2, 0.25) is 5.88 Å². The highest BCUT2D eigenvalue weighted by molar-refractivity contribution is 5.98. The van der Waals surface area contributed by atoms with Gasteiger partial charge in [0.15, 0.2) is 5.82 Å². The number of ether oxygens (including phenoxy) is 1. The smallest absolute Gasteiger partial charge is 0.418 e. The SMILES string of the molecule is Cc1ccc(-c2ncccn2)c(C(=O)N2CC[C@@H](C)C[C@H]2COc2cc(C)c(C(F)(F)F)cn2)n1. The number of aryl methyl sites for hydroxylation is 2. The molecule has 7 nitrogen and oxygen atoms in total. The summed E-state index contributed by atoms with van der Waals surface area (Å²) >= 11 is 0. The molecule has 0 saturated carbocycles. The van der Waals surface area contributed by atoms with Gasteiger partial charge >= 0.3 is 6.18 Å². The second-order valence-corrected chi connectivity index (χ2v) is 8.85. The molecule has 1 amide bonds. The first-order valence-corrected chi connectivity index (χ1v) is 11.4. The number of carbonyl (C=O) groups is 1. The molecule has 0 aromatic carbocycles. The van der Waals surface area contributed by atoms with E-state index in [9.17, 15) is 18.0 Å². The van der Waals surface area contributed by atoms with Crippen molar-refractivity contribution in [2.75, 3.05) is 13.2 Å². The van der Waals surface area contributed by atoms with E-state index in [1.807, 2.05) is 6.92 Å². The van der Waals surface area contributed by atoms with Gasteiger partial charge in [-0.15, -0.1) is 0 Å². The molecular formula is C25H26F3N5O2. The quantitative estimate of drug-likeness (QED) is 0.512. The minimum absolute atomic E-state index is 0.0314. The predicted molar refractivity (Wildman–Crippen MR) is 123 cm³/mol. The predicted octanol–water partition coefficient (Wildman–Crippen LogP) is 4.89. The third kappa shape index (κ3) is 5.58. The van der Waals surface area contributed by atoms with E-state index in [1.54, 1.807) is 35.5 Å². The molecule has 2 atom stereocenters. The molecule has 3 aromatic heterocycles. The average Bonchev–Trinajstić information content (AvgIpc) is 2.82. The van der Waals surface area contributed by atoms with Gasteiger partial charge < -0.3 is 9.64 Å². The number of hydrogen-bond acceptors (Lipinski definition) is 6. The molecule has 1 aliphatic heterocycles. The minimum Gasteiger partial charge on any atom is -0.475 e. The van der Waals surface area contributed by atoms with E-state index in [0.717, 1.165) is 12.6 Å². The van der Waals surface area contributed by atoms with Gasteiger partial charge in [0.05, 0.1) is 17.2 Å². The Morgan fingerprint density at radius 3 is 2.60 bits per heavy atom. The second kappa shape index (κ2) is 9.97. The van der Waals surface area contributed by atoms with E-state index in [4.69, 9.17) is 4.74 Å². The topological polar surface area (TPSA) is 81.1 Å². The molecule has 1 fully saturated rings. The molecule has 1 saturated heterocycles. The van der Waals surface area contributed by atoms with Crippen LogP contribution in [-0.4, -0.2) is 49.9 Å². The van der Waals surface area contributed by atoms with Crippen molar-refractivity contribution >= 4 is 5.91 Å². The first kappa shape index (κ1) is 24.6. The summed E-state index contributed by atoms with van der Waals surface area (Å²) in [6.07, 6.45) is 1.03. The van der Waals surface area contributed by atoms with E-state index >= 15 is 0 Å². The Morgan fingerprint density at radius 2 is 1.91 bits per heavy atom. The first-order valence-electron chi connectivity index (χ1n) is 11.4. The van der Waals surface area contributed by atoms with E-state index in [1.165, 1.54) is 13.0 Å². The molecule has 4 rings (SSSR count). The van der Waals surface area contributed by atoms with Crippen molar-refractivity contribution in [1.29, 1.82) is 0 Å². The molecule has 3 aromatic rings. The Kier molecular flexibility index (Phi) is 7.00. The maximum atomic E-state index is 13.7. The molecule has 1 aliphatic rings. The Morgan fingerprint density at radius 1 is 1.17 bits per heavy atom. The fourth-order valence-electron chi connectivity index (χ4n) is 4.24. The van der Waals surface area contributed by atoms with Crippen LogP contribution in [0.5, 0.6) is 5.88 Å². The summed E-state index contributed by atoms with van der Waals surface area (Å²) in [4.78, 5) is 32.3. The standard InChI is InChI=1S/C25H26F3N5O2/c1-15-7-10-33(18(11-15)14-35-21-12-16(2)20(13-31-21)25(26,27)28)24(34)22-19(6-5-17(3)32-22)23-29-8-4-9-30-23/h4-6,8-9,12-13,15,18H,7,10-11,14H2,1-3H3/t15-,18+/m1/s1. The maximum Gasteiger partial charge on any atom is 0.418 e. The van der Waals surface area contributed by atoms with E-state index in [2.05, 4.69) is 26.9 Å². The molecule has 0 bridgehead atoms. The van der Waals surface area contributed by atoms with Crippen LogP contribution in [0.3, 0.4) is 0 Å². The molecule has 0 spiro atoms. The normalized spacial score (nSPS) is 18.4. The van der Waals surface area contributed by atoms with E-state index in [0.29, 0.717) is 36.0 Å². The van der Waals surface area contributed by atoms with E-state index in [-0.39, 0.29) is 35.7 Å². The summed E-state index contributed by atoms with van der Waals surface area (Å²) in [7, 11) is 0. The number of carbonyl (C=O) groups excluding carboxylic acids is 1. The number of pyridine rings is 2. The summed E-state index contributed by atoms with van der Waals surface area (Å²) in [6.45, 7) is 5.90. The number of likely N-dealkylation sites (tertiary alicyclic amines) is 1. The third-order valence-electron chi connectivity index (χ3n) is 6.10. The fraction of sp³-hybridized carbons (Fsp3) is 0.400. The Balaban J connectivity index is 1.57. The molecule has 0 radical (unpaired) electrons. The molecule has 184 valence electrons. The van der Waals surface area contributed by atoms with Crippen molar-refractivity contribution in [3.05, 3.63) is 65.4 Å². The zero-order valence-electron chi connectivity index (χ0n) is 19.7. The van der Waals surface area contributed by atoms with Crippen molar-refractivity contribution in [3.8, 4) is 17.3 Å². The van der Waals surface area contributed by atoms with Crippen LogP contribution in [-0.2, 0) is 6.18 Å². The van der Waals surface area contributed by atoms with Gasteiger partial charge in [-0.25, -0.2) is 19.9 Å². The summed E-state index contributed by atoms with van der Waals surface area (Å²) in [5.41, 5.74) is 0.729. The molecule has 0 N–H and O–H groups in total. The van der Waals surface area contributed by atoms with Gasteiger partial charge in [0, 0.05) is 36.9 Å². The molecule has 35 heavy (non-hydrogen) atoms. The van der Waals surface area contributed by atoms with Crippen molar-refractivity contribution in [2.24, 2.45) is 5.92 Å².